The van der Waals surface area contributed by atoms with Gasteiger partial charge < -0.3 is 10.0 Å². The van der Waals surface area contributed by atoms with Gasteiger partial charge in [-0.05, 0) is 35.7 Å². The van der Waals surface area contributed by atoms with E-state index in [2.05, 4.69) is 0 Å². The molecule has 3 aromatic rings. The Kier molecular flexibility index (Phi) is 5.23. The van der Waals surface area contributed by atoms with Crippen LogP contribution in [0.5, 0.6) is 0 Å². The topological polar surface area (TPSA) is 79.6 Å². The maximum Gasteiger partial charge on any atom is 0.407 e. The number of rotatable bonds is 6. The van der Waals surface area contributed by atoms with Gasteiger partial charge in [0.25, 0.3) is 0 Å². The van der Waals surface area contributed by atoms with Gasteiger partial charge in [0, 0.05) is 31.1 Å². The van der Waals surface area contributed by atoms with Gasteiger partial charge in [-0.3, -0.25) is 0 Å². The summed E-state index contributed by atoms with van der Waals surface area (Å²) < 4.78 is 25.0. The van der Waals surface area contributed by atoms with E-state index in [4.69, 9.17) is 5.11 Å². The highest BCUT2D eigenvalue weighted by molar-refractivity contribution is 7.89. The molecule has 0 spiro atoms. The molecule has 1 unspecified atom stereocenters. The quantitative estimate of drug-likeness (QED) is 0.702. The fourth-order valence-corrected chi connectivity index (χ4v) is 4.08. The third-order valence-electron chi connectivity index (χ3n) is 4.72. The Morgan fingerprint density at radius 2 is 1.81 bits per heavy atom. The summed E-state index contributed by atoms with van der Waals surface area (Å²) in [6.45, 7) is 0.400. The fourth-order valence-electron chi connectivity index (χ4n) is 3.27. The van der Waals surface area contributed by atoms with Crippen molar-refractivity contribution in [3.8, 4) is 0 Å². The molecule has 0 aliphatic rings. The molecule has 0 aliphatic heterocycles. The maximum atomic E-state index is 11.9. The molecule has 3 rings (SSSR count). The Morgan fingerprint density at radius 3 is 2.44 bits per heavy atom. The van der Waals surface area contributed by atoms with Crippen molar-refractivity contribution in [1.29, 1.82) is 0 Å². The summed E-state index contributed by atoms with van der Waals surface area (Å²) >= 11 is 0. The van der Waals surface area contributed by atoms with E-state index >= 15 is 0 Å². The van der Waals surface area contributed by atoms with Gasteiger partial charge in [0.1, 0.15) is 0 Å². The zero-order valence-corrected chi connectivity index (χ0v) is 16.1. The standard InChI is InChI=1S/C20H22N2O4S/c1-21(20(23)24)12-11-18(15-6-4-3-5-7-15)16-8-9-19-17(14-16)10-13-22(19)27(2,25)26/h3-10,13-14,18H,11-12H2,1-2H3,(H,23,24). The SMILES string of the molecule is CN(CCC(c1ccccc1)c1ccc2c(ccn2S(C)(=O)=O)c1)C(=O)O. The molecule has 0 radical (unpaired) electrons. The van der Waals surface area contributed by atoms with E-state index in [-0.39, 0.29) is 5.92 Å². The summed E-state index contributed by atoms with van der Waals surface area (Å²) in [4.78, 5) is 12.4. The van der Waals surface area contributed by atoms with Crippen molar-refractivity contribution in [2.75, 3.05) is 19.8 Å². The molecule has 27 heavy (non-hydrogen) atoms. The van der Waals surface area contributed by atoms with Crippen LogP contribution in [0.25, 0.3) is 10.9 Å². The molecule has 1 amide bonds. The van der Waals surface area contributed by atoms with Crippen LogP contribution in [0.3, 0.4) is 0 Å². The average molecular weight is 386 g/mol. The van der Waals surface area contributed by atoms with Crippen LogP contribution in [0.2, 0.25) is 0 Å². The largest absolute Gasteiger partial charge is 0.465 e. The van der Waals surface area contributed by atoms with Crippen molar-refractivity contribution in [2.24, 2.45) is 0 Å². The second-order valence-electron chi connectivity index (χ2n) is 6.65. The van der Waals surface area contributed by atoms with Crippen LogP contribution in [0, 0.1) is 0 Å². The molecule has 1 N–H and O–H groups in total. The van der Waals surface area contributed by atoms with Gasteiger partial charge in [-0.25, -0.2) is 17.2 Å². The third-order valence-corrected chi connectivity index (χ3v) is 5.75. The zero-order valence-electron chi connectivity index (χ0n) is 15.2. The highest BCUT2D eigenvalue weighted by Gasteiger charge is 2.18. The lowest BCUT2D eigenvalue weighted by molar-refractivity contribution is 0.155. The predicted molar refractivity (Wildman–Crippen MR) is 106 cm³/mol. The van der Waals surface area contributed by atoms with Crippen molar-refractivity contribution in [2.45, 2.75) is 12.3 Å². The Balaban J connectivity index is 2.00. The molecule has 0 bridgehead atoms. The molecule has 1 atom stereocenters. The van der Waals surface area contributed by atoms with Crippen LogP contribution < -0.4 is 0 Å². The van der Waals surface area contributed by atoms with Crippen LogP contribution in [-0.2, 0) is 10.0 Å². The number of amides is 1. The van der Waals surface area contributed by atoms with Crippen LogP contribution in [-0.4, -0.2) is 48.3 Å². The number of benzene rings is 2. The van der Waals surface area contributed by atoms with Gasteiger partial charge in [0.05, 0.1) is 11.8 Å². The third kappa shape index (κ3) is 4.14. The van der Waals surface area contributed by atoms with Gasteiger partial charge in [0.15, 0.2) is 0 Å². The first-order chi connectivity index (χ1) is 12.8. The summed E-state index contributed by atoms with van der Waals surface area (Å²) in [7, 11) is -1.80. The zero-order chi connectivity index (χ0) is 19.6. The number of carboxylic acid groups (broad SMARTS) is 1. The number of nitrogens with zero attached hydrogens (tertiary/aromatic N) is 2. The molecule has 7 heteroatoms. The Labute approximate surface area is 158 Å². The summed E-state index contributed by atoms with van der Waals surface area (Å²) in [5, 5.41) is 9.96. The molecule has 2 aromatic carbocycles. The molecule has 0 saturated carbocycles. The second kappa shape index (κ2) is 7.44. The lowest BCUT2D eigenvalue weighted by Crippen LogP contribution is -2.27. The van der Waals surface area contributed by atoms with Crippen molar-refractivity contribution >= 4 is 27.0 Å². The number of fused-ring (bicyclic) bond motifs is 1. The average Bonchev–Trinajstić information content (AvgIpc) is 3.06. The van der Waals surface area contributed by atoms with E-state index in [1.165, 1.54) is 15.1 Å². The minimum Gasteiger partial charge on any atom is -0.465 e. The van der Waals surface area contributed by atoms with Crippen LogP contribution in [0.15, 0.2) is 60.8 Å². The minimum absolute atomic E-state index is 0.0129. The van der Waals surface area contributed by atoms with Crippen LogP contribution >= 0.6 is 0 Å². The van der Waals surface area contributed by atoms with Gasteiger partial charge in [-0.15, -0.1) is 0 Å². The summed E-state index contributed by atoms with van der Waals surface area (Å²) in [6, 6.07) is 17.4. The lowest BCUT2D eigenvalue weighted by Gasteiger charge is -2.21. The monoisotopic (exact) mass is 386 g/mol. The highest BCUT2D eigenvalue weighted by atomic mass is 32.2. The first kappa shape index (κ1) is 19.0. The van der Waals surface area contributed by atoms with Gasteiger partial charge in [0.2, 0.25) is 10.0 Å². The molecule has 142 valence electrons. The van der Waals surface area contributed by atoms with E-state index in [1.807, 2.05) is 48.5 Å². The van der Waals surface area contributed by atoms with E-state index in [9.17, 15) is 13.2 Å². The molecule has 1 heterocycles. The number of carbonyl (C=O) groups is 1. The van der Waals surface area contributed by atoms with E-state index in [0.717, 1.165) is 16.5 Å². The van der Waals surface area contributed by atoms with Gasteiger partial charge in [-0.1, -0.05) is 36.4 Å². The number of hydrogen-bond acceptors (Lipinski definition) is 3. The first-order valence-corrected chi connectivity index (χ1v) is 10.4. The Bertz CT molecular complexity index is 1060. The van der Waals surface area contributed by atoms with Crippen molar-refractivity contribution in [3.63, 3.8) is 0 Å². The van der Waals surface area contributed by atoms with Crippen molar-refractivity contribution < 1.29 is 18.3 Å². The van der Waals surface area contributed by atoms with Crippen LogP contribution in [0.1, 0.15) is 23.5 Å². The normalized spacial score (nSPS) is 12.8. The highest BCUT2D eigenvalue weighted by Crippen LogP contribution is 2.31. The Morgan fingerprint density at radius 1 is 1.11 bits per heavy atom. The van der Waals surface area contributed by atoms with E-state index in [1.54, 1.807) is 19.3 Å². The molecule has 0 aliphatic carbocycles. The smallest absolute Gasteiger partial charge is 0.407 e. The van der Waals surface area contributed by atoms with Crippen molar-refractivity contribution in [3.05, 3.63) is 71.9 Å². The number of hydrogen-bond donors (Lipinski definition) is 1. The van der Waals surface area contributed by atoms with E-state index in [0.29, 0.717) is 18.5 Å². The number of aromatic nitrogens is 1. The molecular formula is C20H22N2O4S. The fraction of sp³-hybridized carbons (Fsp3) is 0.250. The van der Waals surface area contributed by atoms with Gasteiger partial charge in [-0.2, -0.15) is 0 Å². The summed E-state index contributed by atoms with van der Waals surface area (Å²) in [5.74, 6) is 0.0129. The predicted octanol–water partition coefficient (Wildman–Crippen LogP) is 3.58. The van der Waals surface area contributed by atoms with Crippen LogP contribution in [0.4, 0.5) is 4.79 Å². The molecule has 1 aromatic heterocycles. The molecular weight excluding hydrogens is 364 g/mol. The second-order valence-corrected chi connectivity index (χ2v) is 8.51. The maximum absolute atomic E-state index is 11.9. The van der Waals surface area contributed by atoms with E-state index < -0.39 is 16.1 Å². The summed E-state index contributed by atoms with van der Waals surface area (Å²) in [5.41, 5.74) is 2.76. The molecule has 6 nitrogen and oxygen atoms in total. The molecule has 0 saturated heterocycles. The van der Waals surface area contributed by atoms with Crippen molar-refractivity contribution in [1.82, 2.24) is 8.87 Å². The first-order valence-electron chi connectivity index (χ1n) is 8.58. The van der Waals surface area contributed by atoms with Gasteiger partial charge >= 0.3 is 6.09 Å². The lowest BCUT2D eigenvalue weighted by atomic mass is 9.88. The molecule has 0 fully saturated rings. The Hall–Kier alpha value is -2.80. The summed E-state index contributed by atoms with van der Waals surface area (Å²) in [6.07, 6.45) is 2.40. The minimum atomic E-state index is -3.36.